The summed E-state index contributed by atoms with van der Waals surface area (Å²) in [5.41, 5.74) is 4.12. The van der Waals surface area contributed by atoms with Crippen molar-refractivity contribution in [2.75, 3.05) is 14.2 Å². The average Bonchev–Trinajstić information content (AvgIpc) is 2.62. The molecule has 0 N–H and O–H groups in total. The summed E-state index contributed by atoms with van der Waals surface area (Å²) in [6.45, 7) is 0. The SMILES string of the molecule is COc1ccc(-c2cc(-c3ccccc3)cc(OC)n2)cc1. The van der Waals surface area contributed by atoms with E-state index in [0.717, 1.165) is 28.1 Å². The standard InChI is InChI=1S/C19H17NO2/c1-21-17-10-8-15(9-11-17)18-12-16(13-19(20-18)22-2)14-6-4-3-5-7-14/h3-13H,1-2H3. The third kappa shape index (κ3) is 2.93. The van der Waals surface area contributed by atoms with E-state index in [2.05, 4.69) is 23.2 Å². The van der Waals surface area contributed by atoms with Crippen LogP contribution in [0.4, 0.5) is 0 Å². The molecule has 0 aliphatic carbocycles. The van der Waals surface area contributed by atoms with Crippen molar-refractivity contribution in [3.05, 3.63) is 66.7 Å². The fourth-order valence-corrected chi connectivity index (χ4v) is 2.32. The minimum absolute atomic E-state index is 0.604. The maximum absolute atomic E-state index is 5.35. The van der Waals surface area contributed by atoms with E-state index < -0.39 is 0 Å². The molecule has 0 bridgehead atoms. The summed E-state index contributed by atoms with van der Waals surface area (Å²) in [5.74, 6) is 1.43. The van der Waals surface area contributed by atoms with Gasteiger partial charge in [-0.25, -0.2) is 4.98 Å². The van der Waals surface area contributed by atoms with E-state index in [1.54, 1.807) is 14.2 Å². The highest BCUT2D eigenvalue weighted by molar-refractivity contribution is 5.72. The maximum atomic E-state index is 5.35. The lowest BCUT2D eigenvalue weighted by Crippen LogP contribution is -1.92. The van der Waals surface area contributed by atoms with E-state index in [4.69, 9.17) is 9.47 Å². The van der Waals surface area contributed by atoms with Gasteiger partial charge < -0.3 is 9.47 Å². The summed E-state index contributed by atoms with van der Waals surface area (Å²) in [7, 11) is 3.29. The van der Waals surface area contributed by atoms with Gasteiger partial charge in [0, 0.05) is 11.6 Å². The highest BCUT2D eigenvalue weighted by atomic mass is 16.5. The van der Waals surface area contributed by atoms with Crippen molar-refractivity contribution in [2.45, 2.75) is 0 Å². The summed E-state index contributed by atoms with van der Waals surface area (Å²) in [4.78, 5) is 4.54. The van der Waals surface area contributed by atoms with E-state index in [-0.39, 0.29) is 0 Å². The molecule has 0 aliphatic heterocycles. The molecule has 110 valence electrons. The molecule has 0 unspecified atom stereocenters. The maximum Gasteiger partial charge on any atom is 0.214 e. The van der Waals surface area contributed by atoms with Crippen molar-refractivity contribution in [3.63, 3.8) is 0 Å². The number of nitrogens with zero attached hydrogens (tertiary/aromatic N) is 1. The van der Waals surface area contributed by atoms with Gasteiger partial charge in [-0.05, 0) is 41.5 Å². The Morgan fingerprint density at radius 1 is 0.682 bits per heavy atom. The number of methoxy groups -OCH3 is 2. The number of aromatic nitrogens is 1. The second-order valence-electron chi connectivity index (χ2n) is 4.88. The van der Waals surface area contributed by atoms with E-state index in [1.807, 2.05) is 48.5 Å². The Labute approximate surface area is 130 Å². The second kappa shape index (κ2) is 6.31. The third-order valence-corrected chi connectivity index (χ3v) is 3.50. The van der Waals surface area contributed by atoms with Gasteiger partial charge in [0.05, 0.1) is 19.9 Å². The topological polar surface area (TPSA) is 31.4 Å². The van der Waals surface area contributed by atoms with Crippen molar-refractivity contribution < 1.29 is 9.47 Å². The number of benzene rings is 2. The molecule has 0 aliphatic rings. The van der Waals surface area contributed by atoms with Crippen LogP contribution in [0, 0.1) is 0 Å². The molecule has 0 saturated heterocycles. The van der Waals surface area contributed by atoms with Crippen molar-refractivity contribution in [3.8, 4) is 34.0 Å². The van der Waals surface area contributed by atoms with Gasteiger partial charge in [-0.3, -0.25) is 0 Å². The summed E-state index contributed by atoms with van der Waals surface area (Å²) >= 11 is 0. The Morgan fingerprint density at radius 2 is 1.41 bits per heavy atom. The quantitative estimate of drug-likeness (QED) is 0.712. The van der Waals surface area contributed by atoms with Crippen molar-refractivity contribution in [2.24, 2.45) is 0 Å². The first-order valence-corrected chi connectivity index (χ1v) is 7.06. The zero-order valence-corrected chi connectivity index (χ0v) is 12.6. The Hall–Kier alpha value is -2.81. The molecule has 0 fully saturated rings. The highest BCUT2D eigenvalue weighted by Gasteiger charge is 2.07. The van der Waals surface area contributed by atoms with Crippen LogP contribution in [0.3, 0.4) is 0 Å². The summed E-state index contributed by atoms with van der Waals surface area (Å²) < 4.78 is 10.5. The molecule has 1 heterocycles. The van der Waals surface area contributed by atoms with E-state index >= 15 is 0 Å². The minimum Gasteiger partial charge on any atom is -0.497 e. The van der Waals surface area contributed by atoms with Gasteiger partial charge >= 0.3 is 0 Å². The van der Waals surface area contributed by atoms with Crippen molar-refractivity contribution in [1.29, 1.82) is 0 Å². The smallest absolute Gasteiger partial charge is 0.214 e. The molecule has 0 amide bonds. The predicted octanol–water partition coefficient (Wildman–Crippen LogP) is 4.43. The zero-order chi connectivity index (χ0) is 15.4. The Bertz CT molecular complexity index is 752. The van der Waals surface area contributed by atoms with Gasteiger partial charge in [-0.2, -0.15) is 0 Å². The summed E-state index contributed by atoms with van der Waals surface area (Å²) in [5, 5.41) is 0. The monoisotopic (exact) mass is 291 g/mol. The van der Waals surface area contributed by atoms with Crippen LogP contribution >= 0.6 is 0 Å². The second-order valence-corrected chi connectivity index (χ2v) is 4.88. The van der Waals surface area contributed by atoms with Gasteiger partial charge in [0.2, 0.25) is 5.88 Å². The van der Waals surface area contributed by atoms with Crippen LogP contribution in [-0.2, 0) is 0 Å². The molecule has 2 aromatic carbocycles. The van der Waals surface area contributed by atoms with Crippen molar-refractivity contribution >= 4 is 0 Å². The fourth-order valence-electron chi connectivity index (χ4n) is 2.32. The Balaban J connectivity index is 2.07. The molecule has 0 radical (unpaired) electrons. The van der Waals surface area contributed by atoms with Crippen LogP contribution in [0.5, 0.6) is 11.6 Å². The van der Waals surface area contributed by atoms with Gasteiger partial charge in [-0.1, -0.05) is 30.3 Å². The molecule has 3 aromatic rings. The lowest BCUT2D eigenvalue weighted by atomic mass is 10.0. The van der Waals surface area contributed by atoms with Crippen LogP contribution in [0.25, 0.3) is 22.4 Å². The number of pyridine rings is 1. The van der Waals surface area contributed by atoms with Crippen LogP contribution in [0.2, 0.25) is 0 Å². The van der Waals surface area contributed by atoms with Crippen LogP contribution in [-0.4, -0.2) is 19.2 Å². The van der Waals surface area contributed by atoms with Crippen LogP contribution < -0.4 is 9.47 Å². The average molecular weight is 291 g/mol. The first-order chi connectivity index (χ1) is 10.8. The molecule has 3 nitrogen and oxygen atoms in total. The summed E-state index contributed by atoms with van der Waals surface area (Å²) in [6.07, 6.45) is 0. The largest absolute Gasteiger partial charge is 0.497 e. The van der Waals surface area contributed by atoms with Gasteiger partial charge in [-0.15, -0.1) is 0 Å². The molecule has 0 spiro atoms. The van der Waals surface area contributed by atoms with E-state index in [1.165, 1.54) is 0 Å². The van der Waals surface area contributed by atoms with Gasteiger partial charge in [0.25, 0.3) is 0 Å². The first-order valence-electron chi connectivity index (χ1n) is 7.06. The molecule has 0 saturated carbocycles. The lowest BCUT2D eigenvalue weighted by Gasteiger charge is -2.09. The number of hydrogen-bond donors (Lipinski definition) is 0. The minimum atomic E-state index is 0.604. The van der Waals surface area contributed by atoms with Gasteiger partial charge in [0.15, 0.2) is 0 Å². The lowest BCUT2D eigenvalue weighted by molar-refractivity contribution is 0.398. The van der Waals surface area contributed by atoms with E-state index in [9.17, 15) is 0 Å². The predicted molar refractivity (Wildman–Crippen MR) is 88.2 cm³/mol. The number of rotatable bonds is 4. The molecule has 22 heavy (non-hydrogen) atoms. The Kier molecular flexibility index (Phi) is 4.05. The molecule has 1 aromatic heterocycles. The molecule has 3 rings (SSSR count). The molecular weight excluding hydrogens is 274 g/mol. The molecular formula is C19H17NO2. The number of hydrogen-bond acceptors (Lipinski definition) is 3. The first kappa shape index (κ1) is 14.1. The highest BCUT2D eigenvalue weighted by Crippen LogP contribution is 2.29. The zero-order valence-electron chi connectivity index (χ0n) is 12.6. The number of ether oxygens (including phenoxy) is 2. The fraction of sp³-hybridized carbons (Fsp3) is 0.105. The van der Waals surface area contributed by atoms with Gasteiger partial charge in [0.1, 0.15) is 5.75 Å². The van der Waals surface area contributed by atoms with Crippen LogP contribution in [0.1, 0.15) is 0 Å². The van der Waals surface area contributed by atoms with E-state index in [0.29, 0.717) is 5.88 Å². The molecule has 3 heteroatoms. The Morgan fingerprint density at radius 3 is 2.05 bits per heavy atom. The normalized spacial score (nSPS) is 10.3. The van der Waals surface area contributed by atoms with Crippen LogP contribution in [0.15, 0.2) is 66.7 Å². The molecule has 0 atom stereocenters. The third-order valence-electron chi connectivity index (χ3n) is 3.50. The van der Waals surface area contributed by atoms with Crippen molar-refractivity contribution in [1.82, 2.24) is 4.98 Å². The summed E-state index contributed by atoms with van der Waals surface area (Å²) in [6, 6.07) is 22.1.